The van der Waals surface area contributed by atoms with Crippen LogP contribution in [0.2, 0.25) is 0 Å². The second-order valence-corrected chi connectivity index (χ2v) is 8.56. The van der Waals surface area contributed by atoms with Crippen LogP contribution >= 0.6 is 12.4 Å². The lowest BCUT2D eigenvalue weighted by molar-refractivity contribution is -0.141. The molecule has 3 N–H and O–H groups in total. The minimum Gasteiger partial charge on any atom is -0.491 e. The van der Waals surface area contributed by atoms with Gasteiger partial charge in [-0.1, -0.05) is 36.4 Å². The van der Waals surface area contributed by atoms with Crippen LogP contribution in [0, 0.1) is 11.3 Å². The average molecular weight is 509 g/mol. The Morgan fingerprint density at radius 3 is 2.31 bits per heavy atom. The molecule has 8 nitrogen and oxygen atoms in total. The molecule has 0 aliphatic carbocycles. The van der Waals surface area contributed by atoms with Crippen LogP contribution in [0.4, 0.5) is 0 Å². The molecule has 1 fully saturated rings. The Kier molecular flexibility index (Phi) is 9.02. The van der Waals surface area contributed by atoms with Crippen LogP contribution in [0.15, 0.2) is 73.1 Å². The van der Waals surface area contributed by atoms with Crippen molar-refractivity contribution in [3.05, 3.63) is 84.2 Å². The molecule has 188 valence electrons. The van der Waals surface area contributed by atoms with Crippen LogP contribution < -0.4 is 10.5 Å². The number of hydrogen-bond acceptors (Lipinski definition) is 6. The molecule has 0 unspecified atom stereocenters. The summed E-state index contributed by atoms with van der Waals surface area (Å²) in [6, 6.07) is 18.5. The second-order valence-electron chi connectivity index (χ2n) is 8.56. The molecule has 1 aliphatic rings. The smallest absolute Gasteiger partial charge is 0.305 e. The third kappa shape index (κ3) is 6.40. The molecule has 3 aromatic rings. The first-order chi connectivity index (χ1) is 16.9. The Morgan fingerprint density at radius 1 is 1.06 bits per heavy atom. The number of nitrogens with one attached hydrogen (secondary N) is 1. The van der Waals surface area contributed by atoms with Gasteiger partial charge in [0.1, 0.15) is 18.2 Å². The van der Waals surface area contributed by atoms with E-state index >= 15 is 0 Å². The highest BCUT2D eigenvalue weighted by molar-refractivity contribution is 5.95. The van der Waals surface area contributed by atoms with E-state index in [-0.39, 0.29) is 48.5 Å². The van der Waals surface area contributed by atoms with Crippen LogP contribution in [0.5, 0.6) is 5.75 Å². The number of nitrogens with two attached hydrogens (primary N) is 1. The molecule has 0 bridgehead atoms. The number of amides is 1. The van der Waals surface area contributed by atoms with Gasteiger partial charge >= 0.3 is 5.97 Å². The number of carbonyl (C=O) groups is 2. The fourth-order valence-corrected chi connectivity index (χ4v) is 4.32. The maximum absolute atomic E-state index is 13.1. The first-order valence-corrected chi connectivity index (χ1v) is 11.4. The van der Waals surface area contributed by atoms with Crippen LogP contribution in [-0.2, 0) is 9.53 Å². The van der Waals surface area contributed by atoms with Crippen molar-refractivity contribution in [2.45, 2.75) is 18.9 Å². The van der Waals surface area contributed by atoms with Gasteiger partial charge in [0.2, 0.25) is 0 Å². The van der Waals surface area contributed by atoms with Gasteiger partial charge in [-0.2, -0.15) is 0 Å². The minimum absolute atomic E-state index is 0. The van der Waals surface area contributed by atoms with E-state index < -0.39 is 0 Å². The molecule has 1 aliphatic heterocycles. The first-order valence-electron chi connectivity index (χ1n) is 11.4. The lowest BCUT2D eigenvalue weighted by Gasteiger charge is -2.25. The van der Waals surface area contributed by atoms with Crippen molar-refractivity contribution < 1.29 is 19.1 Å². The zero-order valence-corrected chi connectivity index (χ0v) is 20.7. The zero-order chi connectivity index (χ0) is 24.8. The Balaban J connectivity index is 0.00000361. The lowest BCUT2D eigenvalue weighted by atomic mass is 10.0. The third-order valence-corrected chi connectivity index (χ3v) is 6.18. The number of carbonyl (C=O) groups excluding carboxylic acids is 2. The number of hydrogen-bond donors (Lipinski definition) is 2. The van der Waals surface area contributed by atoms with E-state index in [0.29, 0.717) is 36.4 Å². The number of amidine groups is 1. The third-order valence-electron chi connectivity index (χ3n) is 6.18. The van der Waals surface area contributed by atoms with Gasteiger partial charge in [0.15, 0.2) is 0 Å². The number of methoxy groups -OCH3 is 1. The highest BCUT2D eigenvalue weighted by Gasteiger charge is 2.37. The largest absolute Gasteiger partial charge is 0.491 e. The van der Waals surface area contributed by atoms with Gasteiger partial charge in [-0.25, -0.2) is 0 Å². The van der Waals surface area contributed by atoms with E-state index in [1.54, 1.807) is 29.4 Å². The summed E-state index contributed by atoms with van der Waals surface area (Å²) in [5.41, 5.74) is 8.74. The summed E-state index contributed by atoms with van der Waals surface area (Å²) in [5, 5.41) is 7.51. The molecule has 0 radical (unpaired) electrons. The summed E-state index contributed by atoms with van der Waals surface area (Å²) in [5.74, 6) is 0.342. The van der Waals surface area contributed by atoms with E-state index in [9.17, 15) is 9.59 Å². The van der Waals surface area contributed by atoms with E-state index in [4.69, 9.17) is 20.6 Å². The highest BCUT2D eigenvalue weighted by atomic mass is 35.5. The molecule has 1 aromatic heterocycles. The van der Waals surface area contributed by atoms with Crippen LogP contribution in [0.3, 0.4) is 0 Å². The normalized spacial score (nSPS) is 16.6. The monoisotopic (exact) mass is 508 g/mol. The minimum atomic E-state index is -0.280. The van der Waals surface area contributed by atoms with E-state index in [1.807, 2.05) is 48.5 Å². The zero-order valence-electron chi connectivity index (χ0n) is 19.9. The molecular formula is C27H29ClN4O4. The maximum atomic E-state index is 13.1. The van der Waals surface area contributed by atoms with Gasteiger partial charge in [-0.3, -0.25) is 20.0 Å². The molecule has 1 saturated heterocycles. The Labute approximate surface area is 216 Å². The molecule has 2 aromatic carbocycles. The average Bonchev–Trinajstić information content (AvgIpc) is 3.30. The maximum Gasteiger partial charge on any atom is 0.305 e. The number of aromatic nitrogens is 1. The number of benzene rings is 2. The molecule has 36 heavy (non-hydrogen) atoms. The van der Waals surface area contributed by atoms with Crippen molar-refractivity contribution in [1.29, 1.82) is 5.41 Å². The lowest BCUT2D eigenvalue weighted by Crippen LogP contribution is -2.39. The molecular weight excluding hydrogens is 480 g/mol. The fraction of sp³-hybridized carbons (Fsp3) is 0.259. The highest BCUT2D eigenvalue weighted by Crippen LogP contribution is 2.29. The second kappa shape index (κ2) is 12.2. The first kappa shape index (κ1) is 26.7. The Hall–Kier alpha value is -3.91. The van der Waals surface area contributed by atoms with E-state index in [2.05, 4.69) is 4.98 Å². The molecule has 0 saturated carbocycles. The van der Waals surface area contributed by atoms with Gasteiger partial charge in [-0.05, 0) is 47.7 Å². The number of rotatable bonds is 8. The van der Waals surface area contributed by atoms with Crippen molar-refractivity contribution >= 4 is 30.1 Å². The Morgan fingerprint density at radius 2 is 1.72 bits per heavy atom. The molecule has 2 atom stereocenters. The topological polar surface area (TPSA) is 119 Å². The Bertz CT molecular complexity index is 1190. The number of nitrogens with zero attached hydrogens (tertiary/aromatic N) is 2. The summed E-state index contributed by atoms with van der Waals surface area (Å²) in [4.78, 5) is 30.8. The van der Waals surface area contributed by atoms with Crippen LogP contribution in [0.25, 0.3) is 11.1 Å². The van der Waals surface area contributed by atoms with Crippen molar-refractivity contribution in [3.8, 4) is 16.9 Å². The van der Waals surface area contributed by atoms with Gasteiger partial charge in [0.25, 0.3) is 5.91 Å². The van der Waals surface area contributed by atoms with Gasteiger partial charge in [-0.15, -0.1) is 12.4 Å². The number of pyridine rings is 1. The van der Waals surface area contributed by atoms with Gasteiger partial charge < -0.3 is 20.1 Å². The summed E-state index contributed by atoms with van der Waals surface area (Å²) in [6.45, 7) is 0.780. The fourth-order valence-electron chi connectivity index (χ4n) is 4.32. The number of ether oxygens (including phenoxy) is 2. The van der Waals surface area contributed by atoms with Crippen LogP contribution in [0.1, 0.15) is 28.8 Å². The van der Waals surface area contributed by atoms with Crippen molar-refractivity contribution in [1.82, 2.24) is 9.88 Å². The number of halogens is 1. The summed E-state index contributed by atoms with van der Waals surface area (Å²) in [7, 11) is 1.37. The summed E-state index contributed by atoms with van der Waals surface area (Å²) < 4.78 is 10.9. The van der Waals surface area contributed by atoms with E-state index in [0.717, 1.165) is 11.1 Å². The SMILES string of the molecule is COC(=O)C[C@@H]1C[C@@H](COc2ccc(-c3ccc(C(=N)N)cc3)cc2)N(C(=O)c2cccnc2)C1.Cl. The van der Waals surface area contributed by atoms with Crippen LogP contribution in [-0.4, -0.2) is 53.9 Å². The number of esters is 1. The number of likely N-dealkylation sites (tertiary alicyclic amines) is 1. The molecule has 0 spiro atoms. The predicted octanol–water partition coefficient (Wildman–Crippen LogP) is 3.93. The molecule has 2 heterocycles. The van der Waals surface area contributed by atoms with Gasteiger partial charge in [0, 0.05) is 24.5 Å². The summed E-state index contributed by atoms with van der Waals surface area (Å²) in [6.07, 6.45) is 4.10. The van der Waals surface area contributed by atoms with Crippen molar-refractivity contribution in [2.75, 3.05) is 20.3 Å². The summed E-state index contributed by atoms with van der Waals surface area (Å²) >= 11 is 0. The van der Waals surface area contributed by atoms with Crippen molar-refractivity contribution in [3.63, 3.8) is 0 Å². The quantitative estimate of drug-likeness (QED) is 0.270. The predicted molar refractivity (Wildman–Crippen MR) is 139 cm³/mol. The molecule has 4 rings (SSSR count). The molecule has 1 amide bonds. The standard InChI is InChI=1S/C27H28N4O4.ClH/c1-34-25(32)14-18-13-23(31(16-18)27(33)22-3-2-12-30-15-22)17-35-24-10-8-20(9-11-24)19-4-6-21(7-5-19)26(28)29;/h2-12,15,18,23H,13-14,16-17H2,1H3,(H3,28,29);1H/t18-,23-;/m0./s1. The van der Waals surface area contributed by atoms with Gasteiger partial charge in [0.05, 0.1) is 25.1 Å². The molecule has 9 heteroatoms. The number of nitrogen functional groups attached to an aromatic ring is 1. The van der Waals surface area contributed by atoms with E-state index in [1.165, 1.54) is 7.11 Å². The van der Waals surface area contributed by atoms with Crippen molar-refractivity contribution in [2.24, 2.45) is 11.7 Å².